The minimum Gasteiger partial charge on any atom is -0.383 e. The molecule has 7 nitrogen and oxygen atoms in total. The van der Waals surface area contributed by atoms with E-state index in [4.69, 9.17) is 10.5 Å². The zero-order valence-electron chi connectivity index (χ0n) is 12.1. The molecule has 0 saturated carbocycles. The van der Waals surface area contributed by atoms with E-state index < -0.39 is 0 Å². The summed E-state index contributed by atoms with van der Waals surface area (Å²) in [6.07, 6.45) is 5.57. The predicted octanol–water partition coefficient (Wildman–Crippen LogP) is 0.0977. The van der Waals surface area contributed by atoms with Crippen LogP contribution in [0.15, 0.2) is 4.99 Å². The predicted molar refractivity (Wildman–Crippen MR) is 77.6 cm³/mol. The molecule has 0 aliphatic carbocycles. The van der Waals surface area contributed by atoms with E-state index in [2.05, 4.69) is 25.1 Å². The lowest BCUT2D eigenvalue weighted by Gasteiger charge is -2.08. The maximum Gasteiger partial charge on any atom is 0.188 e. The average molecular weight is 280 g/mol. The highest BCUT2D eigenvalue weighted by atomic mass is 16.5. The van der Waals surface area contributed by atoms with Crippen molar-refractivity contribution < 1.29 is 4.74 Å². The Morgan fingerprint density at radius 2 is 2.30 bits per heavy atom. The second-order valence-electron chi connectivity index (χ2n) is 4.93. The van der Waals surface area contributed by atoms with Crippen molar-refractivity contribution >= 4 is 5.96 Å². The Bertz CT molecular complexity index is 442. The van der Waals surface area contributed by atoms with Gasteiger partial charge in [-0.25, -0.2) is 0 Å². The zero-order valence-corrected chi connectivity index (χ0v) is 12.1. The summed E-state index contributed by atoms with van der Waals surface area (Å²) in [5.74, 6) is 2.62. The molecule has 1 aliphatic rings. The van der Waals surface area contributed by atoms with Crippen molar-refractivity contribution in [3.63, 3.8) is 0 Å². The molecular formula is C13H24N6O. The third-order valence-corrected chi connectivity index (χ3v) is 3.42. The fourth-order valence-corrected chi connectivity index (χ4v) is 2.35. The van der Waals surface area contributed by atoms with Crippen LogP contribution in [0.3, 0.4) is 0 Å². The van der Waals surface area contributed by atoms with E-state index in [9.17, 15) is 0 Å². The quantitative estimate of drug-likeness (QED) is 0.438. The molecule has 0 saturated heterocycles. The van der Waals surface area contributed by atoms with E-state index in [1.165, 1.54) is 19.3 Å². The summed E-state index contributed by atoms with van der Waals surface area (Å²) in [7, 11) is 1.65. The molecule has 20 heavy (non-hydrogen) atoms. The molecule has 1 aromatic rings. The highest BCUT2D eigenvalue weighted by molar-refractivity contribution is 5.77. The van der Waals surface area contributed by atoms with Gasteiger partial charge in [0.25, 0.3) is 0 Å². The lowest BCUT2D eigenvalue weighted by molar-refractivity contribution is 0.208. The van der Waals surface area contributed by atoms with Crippen LogP contribution in [0.1, 0.15) is 30.9 Å². The molecule has 3 N–H and O–H groups in total. The summed E-state index contributed by atoms with van der Waals surface area (Å²) in [5.41, 5.74) is 5.76. The first kappa shape index (κ1) is 14.8. The van der Waals surface area contributed by atoms with Gasteiger partial charge in [0, 0.05) is 33.0 Å². The van der Waals surface area contributed by atoms with Gasteiger partial charge >= 0.3 is 0 Å². The van der Waals surface area contributed by atoms with Gasteiger partial charge in [-0.2, -0.15) is 0 Å². The van der Waals surface area contributed by atoms with Crippen LogP contribution in [-0.4, -0.2) is 47.5 Å². The molecule has 1 aromatic heterocycles. The number of ether oxygens (including phenoxy) is 1. The Morgan fingerprint density at radius 3 is 3.15 bits per heavy atom. The van der Waals surface area contributed by atoms with Gasteiger partial charge in [-0.3, -0.25) is 4.99 Å². The number of nitrogens with two attached hydrogens (primary N) is 1. The van der Waals surface area contributed by atoms with E-state index in [1.54, 1.807) is 7.11 Å². The second-order valence-corrected chi connectivity index (χ2v) is 4.93. The van der Waals surface area contributed by atoms with Crippen molar-refractivity contribution in [3.05, 3.63) is 11.6 Å². The number of aromatic nitrogens is 3. The molecule has 2 rings (SSSR count). The molecule has 0 amide bonds. The van der Waals surface area contributed by atoms with Crippen molar-refractivity contribution in [2.45, 2.75) is 38.6 Å². The van der Waals surface area contributed by atoms with Crippen molar-refractivity contribution in [2.75, 3.05) is 26.8 Å². The van der Waals surface area contributed by atoms with Crippen molar-refractivity contribution in [1.29, 1.82) is 0 Å². The minimum atomic E-state index is 0.456. The van der Waals surface area contributed by atoms with Gasteiger partial charge in [-0.15, -0.1) is 10.2 Å². The normalized spacial score (nSPS) is 15.8. The van der Waals surface area contributed by atoms with Crippen molar-refractivity contribution in [3.8, 4) is 0 Å². The fourth-order valence-electron chi connectivity index (χ4n) is 2.35. The van der Waals surface area contributed by atoms with E-state index in [1.807, 2.05) is 0 Å². The number of aliphatic imine (C=N–C) groups is 1. The van der Waals surface area contributed by atoms with Gasteiger partial charge in [0.1, 0.15) is 11.6 Å². The van der Waals surface area contributed by atoms with Gasteiger partial charge in [0.2, 0.25) is 0 Å². The summed E-state index contributed by atoms with van der Waals surface area (Å²) in [5, 5.41) is 11.7. The highest BCUT2D eigenvalue weighted by Gasteiger charge is 2.13. The van der Waals surface area contributed by atoms with Gasteiger partial charge in [-0.05, 0) is 12.8 Å². The highest BCUT2D eigenvalue weighted by Crippen LogP contribution is 2.14. The molecule has 0 atom stereocenters. The number of guanidine groups is 1. The Balaban J connectivity index is 1.80. The van der Waals surface area contributed by atoms with Crippen molar-refractivity contribution in [1.82, 2.24) is 20.1 Å². The van der Waals surface area contributed by atoms with E-state index in [0.717, 1.165) is 37.6 Å². The summed E-state index contributed by atoms with van der Waals surface area (Å²) in [4.78, 5) is 4.15. The third kappa shape index (κ3) is 4.19. The maximum atomic E-state index is 5.76. The van der Waals surface area contributed by atoms with Crippen LogP contribution in [0.2, 0.25) is 0 Å². The van der Waals surface area contributed by atoms with E-state index in [-0.39, 0.29) is 0 Å². The number of aryl methyl sites for hydroxylation is 1. The number of methoxy groups -OCH3 is 1. The molecule has 1 aliphatic heterocycles. The van der Waals surface area contributed by atoms with Crippen LogP contribution >= 0.6 is 0 Å². The Hall–Kier alpha value is -1.63. The molecular weight excluding hydrogens is 256 g/mol. The Labute approximate surface area is 119 Å². The zero-order chi connectivity index (χ0) is 14.2. The van der Waals surface area contributed by atoms with Crippen LogP contribution < -0.4 is 11.1 Å². The molecule has 0 bridgehead atoms. The number of hydrogen-bond donors (Lipinski definition) is 2. The molecule has 2 heterocycles. The molecule has 0 spiro atoms. The maximum absolute atomic E-state index is 5.76. The molecule has 0 fully saturated rings. The molecule has 0 unspecified atom stereocenters. The second kappa shape index (κ2) is 7.84. The number of nitrogens with one attached hydrogen (secondary N) is 1. The smallest absolute Gasteiger partial charge is 0.188 e. The van der Waals surface area contributed by atoms with E-state index in [0.29, 0.717) is 19.1 Å². The standard InChI is InChI=1S/C13H24N6O/c1-20-10-8-16-13(14)15-7-6-12-18-17-11-5-3-2-4-9-19(11)12/h2-10H2,1H3,(H3,14,15,16). The summed E-state index contributed by atoms with van der Waals surface area (Å²) in [6.45, 7) is 2.92. The summed E-state index contributed by atoms with van der Waals surface area (Å²) in [6, 6.07) is 0. The summed E-state index contributed by atoms with van der Waals surface area (Å²) >= 11 is 0. The Kier molecular flexibility index (Phi) is 5.79. The largest absolute Gasteiger partial charge is 0.383 e. The fraction of sp³-hybridized carbons (Fsp3) is 0.769. The number of nitrogens with zero attached hydrogens (tertiary/aromatic N) is 4. The third-order valence-electron chi connectivity index (χ3n) is 3.42. The van der Waals surface area contributed by atoms with Crippen LogP contribution in [0, 0.1) is 0 Å². The Morgan fingerprint density at radius 1 is 1.40 bits per heavy atom. The molecule has 112 valence electrons. The number of hydrogen-bond acceptors (Lipinski definition) is 4. The molecule has 7 heteroatoms. The van der Waals surface area contributed by atoms with Crippen molar-refractivity contribution in [2.24, 2.45) is 10.7 Å². The van der Waals surface area contributed by atoms with Gasteiger partial charge in [0.15, 0.2) is 5.96 Å². The number of fused-ring (bicyclic) bond motifs is 1. The first-order valence-corrected chi connectivity index (χ1v) is 7.25. The molecule has 0 aromatic carbocycles. The van der Waals surface area contributed by atoms with Crippen LogP contribution in [0.5, 0.6) is 0 Å². The number of rotatable bonds is 6. The molecule has 0 radical (unpaired) electrons. The minimum absolute atomic E-state index is 0.456. The van der Waals surface area contributed by atoms with Crippen LogP contribution in [0.25, 0.3) is 0 Å². The first-order chi connectivity index (χ1) is 9.81. The van der Waals surface area contributed by atoms with E-state index >= 15 is 0 Å². The topological polar surface area (TPSA) is 90.3 Å². The summed E-state index contributed by atoms with van der Waals surface area (Å²) < 4.78 is 7.17. The average Bonchev–Trinajstić information content (AvgIpc) is 2.68. The SMILES string of the molecule is COCCN=C(N)NCCc1nnc2n1CCCCC2. The van der Waals surface area contributed by atoms with Crippen LogP contribution in [0.4, 0.5) is 0 Å². The lowest BCUT2D eigenvalue weighted by Crippen LogP contribution is -2.34. The first-order valence-electron chi connectivity index (χ1n) is 7.25. The van der Waals surface area contributed by atoms with Crippen LogP contribution in [-0.2, 0) is 24.1 Å². The van der Waals surface area contributed by atoms with Gasteiger partial charge < -0.3 is 20.4 Å². The van der Waals surface area contributed by atoms with Gasteiger partial charge in [0.05, 0.1) is 13.2 Å². The monoisotopic (exact) mass is 280 g/mol. The van der Waals surface area contributed by atoms with Gasteiger partial charge in [-0.1, -0.05) is 6.42 Å². The lowest BCUT2D eigenvalue weighted by atomic mass is 10.2.